The minimum Gasteiger partial charge on any atom is -0.330 e. The Hall–Kier alpha value is -0.0800. The van der Waals surface area contributed by atoms with Gasteiger partial charge in [-0.25, -0.2) is 0 Å². The van der Waals surface area contributed by atoms with Gasteiger partial charge in [0.05, 0.1) is 0 Å². The van der Waals surface area contributed by atoms with E-state index < -0.39 is 0 Å². The van der Waals surface area contributed by atoms with Crippen LogP contribution in [0.1, 0.15) is 33.6 Å². The predicted molar refractivity (Wildman–Crippen MR) is 53.1 cm³/mol. The lowest BCUT2D eigenvalue weighted by Crippen LogP contribution is -2.48. The molecule has 2 atom stereocenters. The third kappa shape index (κ3) is 1.99. The molecule has 1 saturated heterocycles. The van der Waals surface area contributed by atoms with Crippen LogP contribution in [0.2, 0.25) is 0 Å². The van der Waals surface area contributed by atoms with E-state index in [1.807, 2.05) is 0 Å². The first-order valence-electron chi connectivity index (χ1n) is 5.12. The van der Waals surface area contributed by atoms with Crippen molar-refractivity contribution in [3.63, 3.8) is 0 Å². The molecule has 1 fully saturated rings. The van der Waals surface area contributed by atoms with Gasteiger partial charge in [0.1, 0.15) is 0 Å². The quantitative estimate of drug-likeness (QED) is 0.679. The zero-order valence-electron chi connectivity index (χ0n) is 8.59. The van der Waals surface area contributed by atoms with Gasteiger partial charge in [-0.3, -0.25) is 4.90 Å². The molecular weight excluding hydrogens is 148 g/mol. The lowest BCUT2D eigenvalue weighted by Gasteiger charge is -2.41. The molecule has 1 aliphatic heterocycles. The second-order valence-corrected chi connectivity index (χ2v) is 4.21. The van der Waals surface area contributed by atoms with Crippen molar-refractivity contribution in [3.05, 3.63) is 0 Å². The number of hydrogen-bond donors (Lipinski definition) is 1. The number of piperidine rings is 1. The average Bonchev–Trinajstić information content (AvgIpc) is 2.04. The number of likely N-dealkylation sites (tertiary alicyclic amines) is 1. The van der Waals surface area contributed by atoms with Gasteiger partial charge >= 0.3 is 0 Å². The van der Waals surface area contributed by atoms with E-state index in [0.717, 1.165) is 12.5 Å². The highest BCUT2D eigenvalue weighted by atomic mass is 15.2. The monoisotopic (exact) mass is 170 g/mol. The molecule has 1 heterocycles. The van der Waals surface area contributed by atoms with Gasteiger partial charge in [-0.15, -0.1) is 0 Å². The van der Waals surface area contributed by atoms with Crippen LogP contribution in [0.15, 0.2) is 0 Å². The molecule has 0 amide bonds. The first-order valence-corrected chi connectivity index (χ1v) is 5.12. The van der Waals surface area contributed by atoms with Crippen LogP contribution in [-0.2, 0) is 0 Å². The van der Waals surface area contributed by atoms with Crippen molar-refractivity contribution in [1.29, 1.82) is 0 Å². The van der Waals surface area contributed by atoms with Gasteiger partial charge in [0.15, 0.2) is 0 Å². The molecule has 2 N–H and O–H groups in total. The topological polar surface area (TPSA) is 29.3 Å². The van der Waals surface area contributed by atoms with Crippen molar-refractivity contribution in [2.24, 2.45) is 11.7 Å². The fraction of sp³-hybridized carbons (Fsp3) is 1.00. The summed E-state index contributed by atoms with van der Waals surface area (Å²) in [5.41, 5.74) is 5.73. The number of hydrogen-bond acceptors (Lipinski definition) is 2. The van der Waals surface area contributed by atoms with E-state index in [1.54, 1.807) is 0 Å². The van der Waals surface area contributed by atoms with Gasteiger partial charge in [-0.05, 0) is 52.6 Å². The molecule has 0 bridgehead atoms. The highest BCUT2D eigenvalue weighted by molar-refractivity contribution is 4.83. The van der Waals surface area contributed by atoms with Crippen molar-refractivity contribution in [1.82, 2.24) is 4.90 Å². The third-order valence-electron chi connectivity index (χ3n) is 3.16. The van der Waals surface area contributed by atoms with Crippen molar-refractivity contribution < 1.29 is 0 Å². The first-order chi connectivity index (χ1) is 5.66. The number of nitrogens with zero attached hydrogens (tertiary/aromatic N) is 1. The van der Waals surface area contributed by atoms with Gasteiger partial charge < -0.3 is 5.73 Å². The summed E-state index contributed by atoms with van der Waals surface area (Å²) in [6.07, 6.45) is 2.64. The summed E-state index contributed by atoms with van der Waals surface area (Å²) < 4.78 is 0. The molecule has 12 heavy (non-hydrogen) atoms. The van der Waals surface area contributed by atoms with Crippen LogP contribution in [0.5, 0.6) is 0 Å². The normalized spacial score (nSPS) is 32.8. The standard InChI is InChI=1S/C10H22N2/c1-8(2)12-6-4-5-10(7-11)9(12)3/h8-10H,4-7,11H2,1-3H3. The van der Waals surface area contributed by atoms with Crippen LogP contribution in [0, 0.1) is 5.92 Å². The molecule has 2 nitrogen and oxygen atoms in total. The van der Waals surface area contributed by atoms with E-state index in [9.17, 15) is 0 Å². The fourth-order valence-corrected chi connectivity index (χ4v) is 2.29. The minimum absolute atomic E-state index is 0.675. The Bertz CT molecular complexity index is 134. The van der Waals surface area contributed by atoms with Gasteiger partial charge in [0, 0.05) is 12.1 Å². The molecule has 0 radical (unpaired) electrons. The first kappa shape index (κ1) is 10.0. The van der Waals surface area contributed by atoms with Gasteiger partial charge in [-0.1, -0.05) is 0 Å². The van der Waals surface area contributed by atoms with Crippen LogP contribution < -0.4 is 5.73 Å². The molecule has 0 spiro atoms. The molecule has 72 valence electrons. The highest BCUT2D eigenvalue weighted by Gasteiger charge is 2.27. The van der Waals surface area contributed by atoms with E-state index in [1.165, 1.54) is 19.4 Å². The van der Waals surface area contributed by atoms with E-state index in [2.05, 4.69) is 25.7 Å². The van der Waals surface area contributed by atoms with E-state index in [0.29, 0.717) is 12.1 Å². The SMILES string of the molecule is CC(C)N1CCCC(CN)C1C. The van der Waals surface area contributed by atoms with Crippen LogP contribution in [0.4, 0.5) is 0 Å². The number of nitrogens with two attached hydrogens (primary N) is 1. The summed E-state index contributed by atoms with van der Waals surface area (Å²) in [4.78, 5) is 2.57. The van der Waals surface area contributed by atoms with Gasteiger partial charge in [0.25, 0.3) is 0 Å². The lowest BCUT2D eigenvalue weighted by molar-refractivity contribution is 0.0788. The number of rotatable bonds is 2. The Labute approximate surface area is 76.1 Å². The summed E-state index contributed by atoms with van der Waals surface area (Å²) in [5.74, 6) is 0.723. The molecule has 2 unspecified atom stereocenters. The van der Waals surface area contributed by atoms with Crippen molar-refractivity contribution in [3.8, 4) is 0 Å². The Balaban J connectivity index is 2.53. The summed E-state index contributed by atoms with van der Waals surface area (Å²) in [6, 6.07) is 1.36. The largest absolute Gasteiger partial charge is 0.330 e. The van der Waals surface area contributed by atoms with E-state index in [4.69, 9.17) is 5.73 Å². The summed E-state index contributed by atoms with van der Waals surface area (Å²) >= 11 is 0. The Morgan fingerprint density at radius 3 is 2.67 bits per heavy atom. The fourth-order valence-electron chi connectivity index (χ4n) is 2.29. The van der Waals surface area contributed by atoms with Crippen LogP contribution >= 0.6 is 0 Å². The Kier molecular flexibility index (Phi) is 3.53. The molecular formula is C10H22N2. The Morgan fingerprint density at radius 1 is 1.50 bits per heavy atom. The third-order valence-corrected chi connectivity index (χ3v) is 3.16. The second kappa shape index (κ2) is 4.24. The van der Waals surface area contributed by atoms with Crippen LogP contribution in [-0.4, -0.2) is 30.1 Å². The summed E-state index contributed by atoms with van der Waals surface area (Å²) in [7, 11) is 0. The minimum atomic E-state index is 0.675. The Morgan fingerprint density at radius 2 is 2.17 bits per heavy atom. The van der Waals surface area contributed by atoms with Crippen molar-refractivity contribution in [2.75, 3.05) is 13.1 Å². The molecule has 0 aromatic rings. The molecule has 1 aliphatic rings. The molecule has 1 rings (SSSR count). The van der Waals surface area contributed by atoms with Crippen LogP contribution in [0.25, 0.3) is 0 Å². The highest BCUT2D eigenvalue weighted by Crippen LogP contribution is 2.23. The second-order valence-electron chi connectivity index (χ2n) is 4.21. The zero-order chi connectivity index (χ0) is 9.14. The zero-order valence-corrected chi connectivity index (χ0v) is 8.59. The van der Waals surface area contributed by atoms with E-state index >= 15 is 0 Å². The molecule has 0 aromatic carbocycles. The predicted octanol–water partition coefficient (Wildman–Crippen LogP) is 1.45. The maximum absolute atomic E-state index is 5.73. The maximum Gasteiger partial charge on any atom is 0.0110 e. The van der Waals surface area contributed by atoms with Gasteiger partial charge in [0.2, 0.25) is 0 Å². The van der Waals surface area contributed by atoms with Crippen molar-refractivity contribution in [2.45, 2.75) is 45.7 Å². The average molecular weight is 170 g/mol. The smallest absolute Gasteiger partial charge is 0.0110 e. The summed E-state index contributed by atoms with van der Waals surface area (Å²) in [6.45, 7) is 8.97. The molecule has 0 saturated carbocycles. The van der Waals surface area contributed by atoms with Crippen molar-refractivity contribution >= 4 is 0 Å². The summed E-state index contributed by atoms with van der Waals surface area (Å²) in [5, 5.41) is 0. The molecule has 0 aliphatic carbocycles. The van der Waals surface area contributed by atoms with Crippen LogP contribution in [0.3, 0.4) is 0 Å². The molecule has 0 aromatic heterocycles. The maximum atomic E-state index is 5.73. The van der Waals surface area contributed by atoms with Gasteiger partial charge in [-0.2, -0.15) is 0 Å². The van der Waals surface area contributed by atoms with E-state index in [-0.39, 0.29) is 0 Å². The molecule has 2 heteroatoms. The lowest BCUT2D eigenvalue weighted by atomic mass is 9.89.